The third-order valence-corrected chi connectivity index (χ3v) is 4.79. The van der Waals surface area contributed by atoms with Crippen LogP contribution in [0.4, 0.5) is 0 Å². The average Bonchev–Trinajstić information content (AvgIpc) is 3.13. The number of thioether (sulfide) groups is 1. The first-order valence-electron chi connectivity index (χ1n) is 6.46. The predicted molar refractivity (Wildman–Crippen MR) is 87.1 cm³/mol. The molecule has 114 valence electrons. The summed E-state index contributed by atoms with van der Waals surface area (Å²) >= 11 is 2.75. The molecule has 9 heteroatoms. The van der Waals surface area contributed by atoms with Crippen LogP contribution in [-0.2, 0) is 4.79 Å². The van der Waals surface area contributed by atoms with Gasteiger partial charge in [-0.15, -0.1) is 23.0 Å². The van der Waals surface area contributed by atoms with Crippen molar-refractivity contribution in [1.82, 2.24) is 19.7 Å². The highest BCUT2D eigenvalue weighted by atomic mass is 32.2. The maximum absolute atomic E-state index is 12.3. The zero-order valence-corrected chi connectivity index (χ0v) is 13.4. The molecule has 2 aromatic heterocycles. The van der Waals surface area contributed by atoms with Crippen molar-refractivity contribution in [3.8, 4) is 0 Å². The van der Waals surface area contributed by atoms with Crippen LogP contribution in [0.1, 0.15) is 16.2 Å². The van der Waals surface area contributed by atoms with E-state index >= 15 is 0 Å². The van der Waals surface area contributed by atoms with Crippen molar-refractivity contribution >= 4 is 45.0 Å². The number of aromatic nitrogens is 2. The number of rotatable bonds is 4. The number of hydrazone groups is 1. The van der Waals surface area contributed by atoms with Crippen molar-refractivity contribution in [1.29, 1.82) is 0 Å². The Morgan fingerprint density at radius 3 is 3.23 bits per heavy atom. The molecule has 3 heterocycles. The van der Waals surface area contributed by atoms with Gasteiger partial charge in [-0.3, -0.25) is 18.9 Å². The number of fused-ring (bicyclic) bond motifs is 1. The first-order valence-corrected chi connectivity index (χ1v) is 8.32. The Labute approximate surface area is 134 Å². The zero-order valence-electron chi connectivity index (χ0n) is 11.8. The maximum atomic E-state index is 12.3. The molecule has 1 N–H and O–H groups in total. The number of nitrogens with zero attached hydrogens (tertiary/aromatic N) is 4. The summed E-state index contributed by atoms with van der Waals surface area (Å²) in [7, 11) is 0. The summed E-state index contributed by atoms with van der Waals surface area (Å²) < 4.78 is 1.73. The SMILES string of the molecule is C=CCN1C(=O)CS/C1=N/NC(=O)c1c(C)nc2sccn12. The molecular weight excluding hydrogens is 322 g/mol. The van der Waals surface area contributed by atoms with Gasteiger partial charge in [0, 0.05) is 18.1 Å². The van der Waals surface area contributed by atoms with Gasteiger partial charge < -0.3 is 0 Å². The summed E-state index contributed by atoms with van der Waals surface area (Å²) in [4.78, 5) is 30.6. The topological polar surface area (TPSA) is 79.1 Å². The van der Waals surface area contributed by atoms with E-state index in [1.807, 2.05) is 5.38 Å². The van der Waals surface area contributed by atoms with Crippen LogP contribution < -0.4 is 5.43 Å². The number of amides is 2. The van der Waals surface area contributed by atoms with Crippen molar-refractivity contribution in [3.63, 3.8) is 0 Å². The Bertz CT molecular complexity index is 792. The van der Waals surface area contributed by atoms with E-state index < -0.39 is 0 Å². The Balaban J connectivity index is 1.81. The lowest BCUT2D eigenvalue weighted by atomic mass is 10.3. The monoisotopic (exact) mass is 335 g/mol. The summed E-state index contributed by atoms with van der Waals surface area (Å²) in [6.07, 6.45) is 3.41. The molecule has 0 saturated carbocycles. The Hall–Kier alpha value is -2.13. The number of aryl methyl sites for hydroxylation is 1. The lowest BCUT2D eigenvalue weighted by Crippen LogP contribution is -2.32. The molecule has 2 amide bonds. The van der Waals surface area contributed by atoms with E-state index in [-0.39, 0.29) is 11.8 Å². The second-order valence-electron chi connectivity index (χ2n) is 4.52. The predicted octanol–water partition coefficient (Wildman–Crippen LogP) is 1.47. The average molecular weight is 335 g/mol. The minimum atomic E-state index is -0.352. The molecule has 2 aromatic rings. The van der Waals surface area contributed by atoms with E-state index in [1.165, 1.54) is 28.0 Å². The molecule has 0 aliphatic carbocycles. The number of amidine groups is 1. The van der Waals surface area contributed by atoms with Gasteiger partial charge >= 0.3 is 0 Å². The molecule has 22 heavy (non-hydrogen) atoms. The third-order valence-electron chi connectivity index (χ3n) is 3.07. The largest absolute Gasteiger partial charge is 0.290 e. The van der Waals surface area contributed by atoms with Crippen molar-refractivity contribution in [2.75, 3.05) is 12.3 Å². The van der Waals surface area contributed by atoms with E-state index in [4.69, 9.17) is 0 Å². The molecule has 0 unspecified atom stereocenters. The smallest absolute Gasteiger partial charge is 0.286 e. The second-order valence-corrected chi connectivity index (χ2v) is 6.33. The number of carbonyl (C=O) groups is 2. The molecule has 3 rings (SSSR count). The van der Waals surface area contributed by atoms with Crippen LogP contribution in [0.15, 0.2) is 29.3 Å². The van der Waals surface area contributed by atoms with Crippen molar-refractivity contribution in [2.24, 2.45) is 5.10 Å². The summed E-state index contributed by atoms with van der Waals surface area (Å²) in [5, 5.41) is 6.40. The van der Waals surface area contributed by atoms with Crippen molar-refractivity contribution < 1.29 is 9.59 Å². The van der Waals surface area contributed by atoms with Crippen LogP contribution in [-0.4, -0.2) is 43.6 Å². The van der Waals surface area contributed by atoms with Gasteiger partial charge in [-0.05, 0) is 6.92 Å². The standard InChI is InChI=1S/C13H13N5O2S2/c1-3-4-17-9(19)7-22-13(17)16-15-11(20)10-8(2)14-12-18(10)5-6-21-12/h3,5-6H,1,4,7H2,2H3,(H,15,20)/b16-13+. The molecule has 0 bridgehead atoms. The van der Waals surface area contributed by atoms with Gasteiger partial charge in [0.25, 0.3) is 5.91 Å². The van der Waals surface area contributed by atoms with Crippen LogP contribution in [0.5, 0.6) is 0 Å². The maximum Gasteiger partial charge on any atom is 0.290 e. The van der Waals surface area contributed by atoms with E-state index in [9.17, 15) is 9.59 Å². The van der Waals surface area contributed by atoms with Gasteiger partial charge in [0.2, 0.25) is 5.91 Å². The third kappa shape index (κ3) is 2.53. The molecule has 1 aliphatic heterocycles. The van der Waals surface area contributed by atoms with Crippen LogP contribution in [0.2, 0.25) is 0 Å². The Kier molecular flexibility index (Phi) is 3.99. The quantitative estimate of drug-likeness (QED) is 0.678. The van der Waals surface area contributed by atoms with Crippen molar-refractivity contribution in [2.45, 2.75) is 6.92 Å². The summed E-state index contributed by atoms with van der Waals surface area (Å²) in [5.41, 5.74) is 3.59. The van der Waals surface area contributed by atoms with E-state index in [2.05, 4.69) is 22.1 Å². The summed E-state index contributed by atoms with van der Waals surface area (Å²) in [6.45, 7) is 5.77. The molecule has 1 fully saturated rings. The van der Waals surface area contributed by atoms with Crippen molar-refractivity contribution in [3.05, 3.63) is 35.6 Å². The second kappa shape index (κ2) is 5.93. The Morgan fingerprint density at radius 2 is 2.45 bits per heavy atom. The fraction of sp³-hybridized carbons (Fsp3) is 0.231. The first-order chi connectivity index (χ1) is 10.6. The number of imidazole rings is 1. The van der Waals surface area contributed by atoms with E-state index in [1.54, 1.807) is 23.6 Å². The van der Waals surface area contributed by atoms with Gasteiger partial charge in [0.15, 0.2) is 10.1 Å². The normalized spacial score (nSPS) is 16.7. The highest BCUT2D eigenvalue weighted by molar-refractivity contribution is 8.15. The van der Waals surface area contributed by atoms with Gasteiger partial charge in [0.1, 0.15) is 5.69 Å². The van der Waals surface area contributed by atoms with Gasteiger partial charge in [-0.25, -0.2) is 10.4 Å². The minimum absolute atomic E-state index is 0.0429. The van der Waals surface area contributed by atoms with Gasteiger partial charge in [-0.1, -0.05) is 17.8 Å². The molecule has 0 aromatic carbocycles. The van der Waals surface area contributed by atoms with Crippen LogP contribution in [0.25, 0.3) is 4.96 Å². The molecule has 0 spiro atoms. The zero-order chi connectivity index (χ0) is 15.7. The first kappa shape index (κ1) is 14.8. The number of thiazole rings is 1. The molecule has 0 radical (unpaired) electrons. The number of carbonyl (C=O) groups excluding carboxylic acids is 2. The highest BCUT2D eigenvalue weighted by Gasteiger charge is 2.27. The van der Waals surface area contributed by atoms with Gasteiger partial charge in [-0.2, -0.15) is 0 Å². The minimum Gasteiger partial charge on any atom is -0.286 e. The van der Waals surface area contributed by atoms with E-state index in [0.717, 1.165) is 4.96 Å². The van der Waals surface area contributed by atoms with E-state index in [0.29, 0.717) is 28.9 Å². The summed E-state index contributed by atoms with van der Waals surface area (Å²) in [6, 6.07) is 0. The lowest BCUT2D eigenvalue weighted by Gasteiger charge is -2.12. The molecule has 7 nitrogen and oxygen atoms in total. The van der Waals surface area contributed by atoms with Crippen LogP contribution in [0, 0.1) is 6.92 Å². The number of nitrogens with one attached hydrogen (secondary N) is 1. The lowest BCUT2D eigenvalue weighted by molar-refractivity contribution is -0.123. The van der Waals surface area contributed by atoms with Crippen LogP contribution in [0.3, 0.4) is 0 Å². The molecule has 1 saturated heterocycles. The molecule has 0 atom stereocenters. The Morgan fingerprint density at radius 1 is 1.64 bits per heavy atom. The van der Waals surface area contributed by atoms with Crippen LogP contribution >= 0.6 is 23.1 Å². The number of hydrogen-bond acceptors (Lipinski definition) is 6. The molecular formula is C13H13N5O2S2. The fourth-order valence-electron chi connectivity index (χ4n) is 2.11. The number of hydrogen-bond donors (Lipinski definition) is 1. The fourth-order valence-corrected chi connectivity index (χ4v) is 3.72. The van der Waals surface area contributed by atoms with Gasteiger partial charge in [0.05, 0.1) is 11.4 Å². The summed E-state index contributed by atoms with van der Waals surface area (Å²) in [5.74, 6) is -0.0729. The highest BCUT2D eigenvalue weighted by Crippen LogP contribution is 2.19. The molecule has 1 aliphatic rings.